The maximum absolute atomic E-state index is 13.7. The Morgan fingerprint density at radius 3 is 2.46 bits per heavy atom. The number of rotatable bonds is 14. The Balaban J connectivity index is 2.15. The Labute approximate surface area is 245 Å². The van der Waals surface area contributed by atoms with Gasteiger partial charge in [-0.1, -0.05) is 6.07 Å². The second-order valence-corrected chi connectivity index (χ2v) is 10.7. The highest BCUT2D eigenvalue weighted by Crippen LogP contribution is 2.50. The predicted octanol–water partition coefficient (Wildman–Crippen LogP) is 3.55. The van der Waals surface area contributed by atoms with Gasteiger partial charge in [0.25, 0.3) is 0 Å². The summed E-state index contributed by atoms with van der Waals surface area (Å²) in [6.45, 7) is 2.48. The molecule has 2 unspecified atom stereocenters. The van der Waals surface area contributed by atoms with Crippen LogP contribution in [0.5, 0.6) is 17.2 Å². The number of carbonyl (C=O) groups excluding carboxylic acids is 2. The summed E-state index contributed by atoms with van der Waals surface area (Å²) in [6, 6.07) is 5.98. The van der Waals surface area contributed by atoms with Gasteiger partial charge >= 0.3 is 0 Å². The maximum atomic E-state index is 13.7. The highest BCUT2D eigenvalue weighted by Gasteiger charge is 2.29. The lowest BCUT2D eigenvalue weighted by Crippen LogP contribution is -2.41. The molecule has 41 heavy (non-hydrogen) atoms. The first-order chi connectivity index (χ1) is 19.8. The van der Waals surface area contributed by atoms with Crippen molar-refractivity contribution in [3.05, 3.63) is 45.6 Å². The number of hydrogen-bond donors (Lipinski definition) is 3. The minimum atomic E-state index is -0.600. The van der Waals surface area contributed by atoms with Gasteiger partial charge in [-0.05, 0) is 72.6 Å². The van der Waals surface area contributed by atoms with Crippen molar-refractivity contribution in [3.8, 4) is 28.4 Å². The summed E-state index contributed by atoms with van der Waals surface area (Å²) in [7, 11) is 6.29. The molecule has 1 aliphatic carbocycles. The van der Waals surface area contributed by atoms with Crippen molar-refractivity contribution in [2.45, 2.75) is 44.7 Å². The van der Waals surface area contributed by atoms with Crippen LogP contribution < -0.4 is 35.6 Å². The Hall–Kier alpha value is -3.44. The van der Waals surface area contributed by atoms with E-state index in [0.29, 0.717) is 67.3 Å². The van der Waals surface area contributed by atoms with E-state index in [-0.39, 0.29) is 17.2 Å². The number of ether oxygens (including phenoxy) is 4. The molecular weight excluding hydrogens is 546 g/mol. The van der Waals surface area contributed by atoms with E-state index in [1.165, 1.54) is 6.92 Å². The van der Waals surface area contributed by atoms with Gasteiger partial charge < -0.3 is 34.9 Å². The van der Waals surface area contributed by atoms with Crippen LogP contribution in [0.1, 0.15) is 43.4 Å². The Kier molecular flexibility index (Phi) is 12.2. The fraction of sp³-hybridized carbons (Fsp3) is 0.500. The van der Waals surface area contributed by atoms with Crippen LogP contribution in [-0.4, -0.2) is 71.5 Å². The molecule has 0 saturated heterocycles. The number of carbonyl (C=O) groups is 2. The zero-order chi connectivity index (χ0) is 29.9. The fourth-order valence-corrected chi connectivity index (χ4v) is 5.54. The number of aryl methyl sites for hydroxylation is 1. The summed E-state index contributed by atoms with van der Waals surface area (Å²) >= 11 is 1.63. The van der Waals surface area contributed by atoms with E-state index in [4.69, 9.17) is 18.9 Å². The van der Waals surface area contributed by atoms with Gasteiger partial charge in [0.05, 0.1) is 33.1 Å². The molecule has 2 amide bonds. The zero-order valence-corrected chi connectivity index (χ0v) is 25.5. The molecule has 2 atom stereocenters. The van der Waals surface area contributed by atoms with Crippen LogP contribution in [0, 0.1) is 0 Å². The molecule has 2 aromatic rings. The predicted molar refractivity (Wildman–Crippen MR) is 163 cm³/mol. The van der Waals surface area contributed by atoms with E-state index in [2.05, 4.69) is 16.0 Å². The third-order valence-corrected chi connectivity index (χ3v) is 7.64. The standard InChI is InChI=1S/C30H41N3O7S/c1-18(34)32-22-10-8-19-16-26(38-3)28(39-4)29(40-5)27(19)20-9-11-23(25(35)17-21(20)22)33-24(12-15-41-6)30(36)31-13-7-14-37-2/h9,11,16-17,22,24H,7-8,10,12-15H2,1-6H3,(H,31,36)(H,32,34)(H,33,35). The lowest BCUT2D eigenvalue weighted by molar-refractivity contribution is -0.122. The van der Waals surface area contributed by atoms with Crippen molar-refractivity contribution < 1.29 is 28.5 Å². The molecule has 3 N–H and O–H groups in total. The van der Waals surface area contributed by atoms with Gasteiger partial charge in [0.1, 0.15) is 6.04 Å². The second kappa shape index (κ2) is 15.5. The third kappa shape index (κ3) is 7.85. The van der Waals surface area contributed by atoms with Crippen molar-refractivity contribution in [1.82, 2.24) is 10.6 Å². The Morgan fingerprint density at radius 2 is 1.83 bits per heavy atom. The average Bonchev–Trinajstić information content (AvgIpc) is 3.20. The molecule has 0 saturated carbocycles. The van der Waals surface area contributed by atoms with Crippen LogP contribution in [0.4, 0.5) is 5.69 Å². The molecule has 0 spiro atoms. The van der Waals surface area contributed by atoms with E-state index in [1.807, 2.05) is 18.4 Å². The number of benzene rings is 1. The highest BCUT2D eigenvalue weighted by atomic mass is 32.2. The molecule has 10 nitrogen and oxygen atoms in total. The lowest BCUT2D eigenvalue weighted by Gasteiger charge is -2.19. The van der Waals surface area contributed by atoms with Crippen molar-refractivity contribution in [1.29, 1.82) is 0 Å². The third-order valence-electron chi connectivity index (χ3n) is 7.00. The first-order valence-electron chi connectivity index (χ1n) is 13.6. The normalized spacial score (nSPS) is 14.5. The highest BCUT2D eigenvalue weighted by molar-refractivity contribution is 7.98. The van der Waals surface area contributed by atoms with Crippen molar-refractivity contribution >= 4 is 29.3 Å². The van der Waals surface area contributed by atoms with Gasteiger partial charge in [-0.15, -0.1) is 0 Å². The van der Waals surface area contributed by atoms with Gasteiger partial charge in [-0.3, -0.25) is 14.4 Å². The van der Waals surface area contributed by atoms with E-state index < -0.39 is 12.1 Å². The van der Waals surface area contributed by atoms with Gasteiger partial charge in [0.15, 0.2) is 11.5 Å². The summed E-state index contributed by atoms with van der Waals surface area (Å²) in [4.78, 5) is 38.9. The number of fused-ring (bicyclic) bond motifs is 3. The zero-order valence-electron chi connectivity index (χ0n) is 24.7. The largest absolute Gasteiger partial charge is 0.493 e. The second-order valence-electron chi connectivity index (χ2n) is 9.71. The SMILES string of the molecule is COCCCNC(=O)C(CCSC)Nc1ccc2c(cc1=O)C(NC(C)=O)CCc1cc(OC)c(OC)c(OC)c1-2. The van der Waals surface area contributed by atoms with Gasteiger partial charge in [-0.2, -0.15) is 11.8 Å². The summed E-state index contributed by atoms with van der Waals surface area (Å²) in [6.07, 6.45) is 4.37. The molecule has 3 rings (SSSR count). The summed E-state index contributed by atoms with van der Waals surface area (Å²) in [5.74, 6) is 1.81. The Bertz CT molecular complexity index is 1290. The monoisotopic (exact) mass is 587 g/mol. The fourth-order valence-electron chi connectivity index (χ4n) is 5.07. The summed E-state index contributed by atoms with van der Waals surface area (Å²) in [5, 5.41) is 9.14. The van der Waals surface area contributed by atoms with Crippen LogP contribution >= 0.6 is 11.8 Å². The number of methoxy groups -OCH3 is 4. The van der Waals surface area contributed by atoms with Crippen molar-refractivity contribution in [2.24, 2.45) is 0 Å². The van der Waals surface area contributed by atoms with Crippen LogP contribution in [0.3, 0.4) is 0 Å². The molecule has 0 bridgehead atoms. The minimum absolute atomic E-state index is 0.178. The molecule has 0 heterocycles. The topological polar surface area (TPSA) is 124 Å². The first-order valence-corrected chi connectivity index (χ1v) is 15.0. The van der Waals surface area contributed by atoms with Gasteiger partial charge in [0.2, 0.25) is 23.0 Å². The molecule has 1 aliphatic rings. The van der Waals surface area contributed by atoms with E-state index >= 15 is 0 Å². The number of anilines is 1. The number of thioether (sulfide) groups is 1. The van der Waals surface area contributed by atoms with Crippen LogP contribution in [0.2, 0.25) is 0 Å². The molecule has 0 fully saturated rings. The minimum Gasteiger partial charge on any atom is -0.493 e. The summed E-state index contributed by atoms with van der Waals surface area (Å²) < 4.78 is 22.1. The lowest BCUT2D eigenvalue weighted by atomic mass is 9.95. The molecule has 0 aromatic heterocycles. The Morgan fingerprint density at radius 1 is 1.07 bits per heavy atom. The van der Waals surface area contributed by atoms with Crippen LogP contribution in [0.15, 0.2) is 29.1 Å². The number of amides is 2. The number of nitrogens with one attached hydrogen (secondary N) is 3. The molecular formula is C30H41N3O7S. The average molecular weight is 588 g/mol. The van der Waals surface area contributed by atoms with E-state index in [0.717, 1.165) is 22.4 Å². The number of hydrogen-bond acceptors (Lipinski definition) is 9. The van der Waals surface area contributed by atoms with Crippen molar-refractivity contribution in [3.63, 3.8) is 0 Å². The first kappa shape index (κ1) is 32.1. The van der Waals surface area contributed by atoms with Crippen molar-refractivity contribution in [2.75, 3.05) is 58.9 Å². The molecule has 2 aromatic carbocycles. The molecule has 224 valence electrons. The maximum Gasteiger partial charge on any atom is 0.242 e. The van der Waals surface area contributed by atoms with Gasteiger partial charge in [-0.25, -0.2) is 0 Å². The summed E-state index contributed by atoms with van der Waals surface area (Å²) in [5.41, 5.74) is 3.10. The molecule has 0 aliphatic heterocycles. The van der Waals surface area contributed by atoms with Gasteiger partial charge in [0, 0.05) is 32.7 Å². The quantitative estimate of drug-likeness (QED) is 0.285. The van der Waals surface area contributed by atoms with Crippen LogP contribution in [0.25, 0.3) is 11.1 Å². The van der Waals surface area contributed by atoms with Crippen LogP contribution in [-0.2, 0) is 20.7 Å². The molecule has 0 radical (unpaired) electrons. The smallest absolute Gasteiger partial charge is 0.242 e. The van der Waals surface area contributed by atoms with E-state index in [1.54, 1.807) is 52.3 Å². The van der Waals surface area contributed by atoms with E-state index in [9.17, 15) is 14.4 Å². The molecule has 11 heteroatoms.